The Morgan fingerprint density at radius 1 is 1.36 bits per heavy atom. The van der Waals surface area contributed by atoms with Gasteiger partial charge >= 0.3 is 0 Å². The van der Waals surface area contributed by atoms with E-state index < -0.39 is 0 Å². The number of hydrogen-bond donors (Lipinski definition) is 1. The van der Waals surface area contributed by atoms with Crippen molar-refractivity contribution in [1.82, 2.24) is 0 Å². The second-order valence-corrected chi connectivity index (χ2v) is 4.47. The van der Waals surface area contributed by atoms with Gasteiger partial charge in [0, 0.05) is 17.6 Å². The molecule has 0 atom stereocenters. The first-order chi connectivity index (χ1) is 6.70. The number of ether oxygens (including phenoxy) is 1. The molecule has 1 heterocycles. The highest BCUT2D eigenvalue weighted by Gasteiger charge is 2.32. The minimum atomic E-state index is 0.336. The molecule has 14 heavy (non-hydrogen) atoms. The Morgan fingerprint density at radius 3 is 2.64 bits per heavy atom. The van der Waals surface area contributed by atoms with Gasteiger partial charge in [0.1, 0.15) is 0 Å². The van der Waals surface area contributed by atoms with Crippen molar-refractivity contribution in [2.45, 2.75) is 13.8 Å². The van der Waals surface area contributed by atoms with Crippen molar-refractivity contribution in [3.8, 4) is 0 Å². The minimum Gasteiger partial charge on any atom is -0.384 e. The molecule has 0 radical (unpaired) electrons. The molecule has 0 amide bonds. The minimum absolute atomic E-state index is 0.336. The number of anilines is 1. The summed E-state index contributed by atoms with van der Waals surface area (Å²) in [6, 6.07) is 8.38. The highest BCUT2D eigenvalue weighted by atomic mass is 16.5. The molecule has 1 aliphatic heterocycles. The van der Waals surface area contributed by atoms with Crippen LogP contribution in [-0.2, 0) is 4.74 Å². The fourth-order valence-electron chi connectivity index (χ4n) is 1.63. The standard InChI is InChI=1S/C12H17NO/c1-10-5-3-4-6-11(10)13-7-12(2)8-14-9-12/h3-6,13H,7-9H2,1-2H3. The molecule has 1 N–H and O–H groups in total. The predicted octanol–water partition coefficient (Wildman–Crippen LogP) is 2.44. The van der Waals surface area contributed by atoms with Crippen molar-refractivity contribution in [3.05, 3.63) is 29.8 Å². The third-order valence-electron chi connectivity index (χ3n) is 2.75. The maximum Gasteiger partial charge on any atom is 0.0559 e. The second kappa shape index (κ2) is 3.62. The number of nitrogens with one attached hydrogen (secondary N) is 1. The lowest BCUT2D eigenvalue weighted by molar-refractivity contribution is -0.0924. The van der Waals surface area contributed by atoms with E-state index >= 15 is 0 Å². The number of para-hydroxylation sites is 1. The van der Waals surface area contributed by atoms with Gasteiger partial charge < -0.3 is 10.1 Å². The molecule has 1 aromatic rings. The number of benzene rings is 1. The molecule has 1 fully saturated rings. The molecular weight excluding hydrogens is 174 g/mol. The van der Waals surface area contributed by atoms with Crippen molar-refractivity contribution >= 4 is 5.69 Å². The van der Waals surface area contributed by atoms with Gasteiger partial charge in [0.25, 0.3) is 0 Å². The van der Waals surface area contributed by atoms with Crippen LogP contribution in [0.1, 0.15) is 12.5 Å². The van der Waals surface area contributed by atoms with Crippen LogP contribution in [0.4, 0.5) is 5.69 Å². The summed E-state index contributed by atoms with van der Waals surface area (Å²) in [5.74, 6) is 0. The molecule has 0 bridgehead atoms. The molecule has 0 aliphatic carbocycles. The van der Waals surface area contributed by atoms with Crippen molar-refractivity contribution < 1.29 is 4.74 Å². The number of hydrogen-bond acceptors (Lipinski definition) is 2. The molecule has 2 rings (SSSR count). The third kappa shape index (κ3) is 1.90. The molecule has 0 unspecified atom stereocenters. The van der Waals surface area contributed by atoms with Crippen LogP contribution >= 0.6 is 0 Å². The Labute approximate surface area is 85.3 Å². The molecule has 1 saturated heterocycles. The largest absolute Gasteiger partial charge is 0.384 e. The molecule has 2 heteroatoms. The van der Waals surface area contributed by atoms with Gasteiger partial charge in [-0.1, -0.05) is 25.1 Å². The predicted molar refractivity (Wildman–Crippen MR) is 58.6 cm³/mol. The number of rotatable bonds is 3. The van der Waals surface area contributed by atoms with E-state index in [2.05, 4.69) is 43.4 Å². The number of aryl methyl sites for hydroxylation is 1. The molecule has 76 valence electrons. The van der Waals surface area contributed by atoms with Crippen LogP contribution in [0.15, 0.2) is 24.3 Å². The second-order valence-electron chi connectivity index (χ2n) is 4.47. The van der Waals surface area contributed by atoms with Crippen LogP contribution in [0.5, 0.6) is 0 Å². The van der Waals surface area contributed by atoms with Gasteiger partial charge in [-0.25, -0.2) is 0 Å². The highest BCUT2D eigenvalue weighted by Crippen LogP contribution is 2.27. The van der Waals surface area contributed by atoms with Crippen molar-refractivity contribution in [2.75, 3.05) is 25.1 Å². The summed E-state index contributed by atoms with van der Waals surface area (Å²) in [6.45, 7) is 7.14. The van der Waals surface area contributed by atoms with Gasteiger partial charge in [-0.3, -0.25) is 0 Å². The SMILES string of the molecule is Cc1ccccc1NCC1(C)COC1. The fourth-order valence-corrected chi connectivity index (χ4v) is 1.63. The lowest BCUT2D eigenvalue weighted by Crippen LogP contribution is -2.45. The van der Waals surface area contributed by atoms with Crippen LogP contribution in [0.25, 0.3) is 0 Å². The van der Waals surface area contributed by atoms with Crippen LogP contribution < -0.4 is 5.32 Å². The van der Waals surface area contributed by atoms with Gasteiger partial charge in [-0.05, 0) is 18.6 Å². The topological polar surface area (TPSA) is 21.3 Å². The van der Waals surface area contributed by atoms with Gasteiger partial charge in [-0.2, -0.15) is 0 Å². The Kier molecular flexibility index (Phi) is 2.46. The van der Waals surface area contributed by atoms with Crippen LogP contribution in [0.3, 0.4) is 0 Å². The molecule has 1 aromatic carbocycles. The molecule has 2 nitrogen and oxygen atoms in total. The normalized spacial score (nSPS) is 18.7. The van der Waals surface area contributed by atoms with E-state index in [4.69, 9.17) is 4.74 Å². The van der Waals surface area contributed by atoms with Crippen molar-refractivity contribution in [1.29, 1.82) is 0 Å². The Morgan fingerprint density at radius 2 is 2.07 bits per heavy atom. The van der Waals surface area contributed by atoms with Gasteiger partial charge in [-0.15, -0.1) is 0 Å². The van der Waals surface area contributed by atoms with Crippen molar-refractivity contribution in [2.24, 2.45) is 5.41 Å². The zero-order chi connectivity index (χ0) is 10.0. The molecule has 0 aromatic heterocycles. The summed E-state index contributed by atoms with van der Waals surface area (Å²) in [4.78, 5) is 0. The molecule has 1 aliphatic rings. The summed E-state index contributed by atoms with van der Waals surface area (Å²) >= 11 is 0. The van der Waals surface area contributed by atoms with E-state index in [1.807, 2.05) is 0 Å². The van der Waals surface area contributed by atoms with Crippen LogP contribution in [0.2, 0.25) is 0 Å². The Bertz CT molecular complexity index is 318. The first-order valence-electron chi connectivity index (χ1n) is 5.07. The van der Waals surface area contributed by atoms with E-state index in [1.165, 1.54) is 11.3 Å². The summed E-state index contributed by atoms with van der Waals surface area (Å²) in [7, 11) is 0. The van der Waals surface area contributed by atoms with Gasteiger partial charge in [0.2, 0.25) is 0 Å². The molecule has 0 spiro atoms. The maximum atomic E-state index is 5.22. The summed E-state index contributed by atoms with van der Waals surface area (Å²) in [5.41, 5.74) is 2.87. The van der Waals surface area contributed by atoms with E-state index in [-0.39, 0.29) is 0 Å². The van der Waals surface area contributed by atoms with Gasteiger partial charge in [0.15, 0.2) is 0 Å². The quantitative estimate of drug-likeness (QED) is 0.792. The highest BCUT2D eigenvalue weighted by molar-refractivity contribution is 5.50. The average Bonchev–Trinajstić information content (AvgIpc) is 2.14. The van der Waals surface area contributed by atoms with E-state index in [0.717, 1.165) is 19.8 Å². The smallest absolute Gasteiger partial charge is 0.0559 e. The molecule has 0 saturated carbocycles. The first-order valence-corrected chi connectivity index (χ1v) is 5.07. The zero-order valence-corrected chi connectivity index (χ0v) is 8.84. The van der Waals surface area contributed by atoms with Crippen LogP contribution in [0, 0.1) is 12.3 Å². The first kappa shape index (κ1) is 9.53. The summed E-state index contributed by atoms with van der Waals surface area (Å²) in [6.07, 6.45) is 0. The van der Waals surface area contributed by atoms with E-state index in [9.17, 15) is 0 Å². The molecular formula is C12H17NO. The third-order valence-corrected chi connectivity index (χ3v) is 2.75. The Hall–Kier alpha value is -1.02. The Balaban J connectivity index is 1.95. The average molecular weight is 191 g/mol. The van der Waals surface area contributed by atoms with Crippen LogP contribution in [-0.4, -0.2) is 19.8 Å². The zero-order valence-electron chi connectivity index (χ0n) is 8.84. The maximum absolute atomic E-state index is 5.22. The monoisotopic (exact) mass is 191 g/mol. The summed E-state index contributed by atoms with van der Waals surface area (Å²) < 4.78 is 5.22. The van der Waals surface area contributed by atoms with Crippen molar-refractivity contribution in [3.63, 3.8) is 0 Å². The summed E-state index contributed by atoms with van der Waals surface area (Å²) in [5, 5.41) is 3.48. The lowest BCUT2D eigenvalue weighted by atomic mass is 9.88. The van der Waals surface area contributed by atoms with Gasteiger partial charge in [0.05, 0.1) is 13.2 Å². The van der Waals surface area contributed by atoms with E-state index in [1.54, 1.807) is 0 Å². The van der Waals surface area contributed by atoms with E-state index in [0.29, 0.717) is 5.41 Å². The fraction of sp³-hybridized carbons (Fsp3) is 0.500. The lowest BCUT2D eigenvalue weighted by Gasteiger charge is -2.38.